The predicted octanol–water partition coefficient (Wildman–Crippen LogP) is 3.71. The number of likely N-dealkylation sites (tertiary alicyclic amines) is 1. The maximum atomic E-state index is 12.8. The minimum Gasteiger partial charge on any atom is -0.338 e. The van der Waals surface area contributed by atoms with Gasteiger partial charge in [0.2, 0.25) is 0 Å². The summed E-state index contributed by atoms with van der Waals surface area (Å²) in [6, 6.07) is 5.54. The van der Waals surface area contributed by atoms with Gasteiger partial charge in [-0.05, 0) is 60.3 Å². The number of hydrogen-bond acceptors (Lipinski definition) is 2. The monoisotopic (exact) mass is 370 g/mol. The summed E-state index contributed by atoms with van der Waals surface area (Å²) < 4.78 is 0.779. The van der Waals surface area contributed by atoms with Crippen LogP contribution in [0.2, 0.25) is 5.02 Å². The van der Waals surface area contributed by atoms with Gasteiger partial charge in [-0.15, -0.1) is 0 Å². The number of piperidine rings is 2. The van der Waals surface area contributed by atoms with Crippen molar-refractivity contribution in [2.75, 3.05) is 26.2 Å². The molecule has 2 saturated heterocycles. The Kier molecular flexibility index (Phi) is 4.57. The van der Waals surface area contributed by atoms with E-state index in [1.54, 1.807) is 0 Å². The first-order valence-corrected chi connectivity index (χ1v) is 8.72. The molecular formula is C16H20BrClN2O. The first kappa shape index (κ1) is 15.3. The van der Waals surface area contributed by atoms with Crippen molar-refractivity contribution in [1.29, 1.82) is 0 Å². The summed E-state index contributed by atoms with van der Waals surface area (Å²) in [7, 11) is 0. The fraction of sp³-hybridized carbons (Fsp3) is 0.562. The van der Waals surface area contributed by atoms with Crippen molar-refractivity contribution in [3.63, 3.8) is 0 Å². The number of nitrogens with one attached hydrogen (secondary N) is 1. The lowest BCUT2D eigenvalue weighted by atomic mass is 9.74. The van der Waals surface area contributed by atoms with E-state index in [9.17, 15) is 4.79 Å². The van der Waals surface area contributed by atoms with Crippen LogP contribution in [0.4, 0.5) is 0 Å². The predicted molar refractivity (Wildman–Crippen MR) is 88.8 cm³/mol. The van der Waals surface area contributed by atoms with Crippen molar-refractivity contribution in [1.82, 2.24) is 10.2 Å². The summed E-state index contributed by atoms with van der Waals surface area (Å²) in [6.07, 6.45) is 4.73. The standard InChI is InChI=1S/C16H20BrClN2O/c17-13-5-1-4-12(14(13)18)15(21)20-9-3-7-16(11-20)6-2-8-19-10-16/h1,4-5,19H,2-3,6-11H2. The normalized spacial score (nSPS) is 26.1. The number of carbonyl (C=O) groups excluding carboxylic acids is 1. The van der Waals surface area contributed by atoms with E-state index in [1.165, 1.54) is 19.3 Å². The summed E-state index contributed by atoms with van der Waals surface area (Å²) in [5, 5.41) is 4.01. The van der Waals surface area contributed by atoms with Crippen LogP contribution < -0.4 is 5.32 Å². The first-order chi connectivity index (χ1) is 10.1. The van der Waals surface area contributed by atoms with Gasteiger partial charge in [-0.2, -0.15) is 0 Å². The van der Waals surface area contributed by atoms with Crippen molar-refractivity contribution in [3.05, 3.63) is 33.3 Å². The summed E-state index contributed by atoms with van der Waals surface area (Å²) in [5.41, 5.74) is 0.872. The van der Waals surface area contributed by atoms with Crippen molar-refractivity contribution in [3.8, 4) is 0 Å². The van der Waals surface area contributed by atoms with E-state index in [-0.39, 0.29) is 11.3 Å². The Balaban J connectivity index is 1.79. The van der Waals surface area contributed by atoms with Crippen molar-refractivity contribution >= 4 is 33.4 Å². The third-order valence-corrected chi connectivity index (χ3v) is 5.99. The van der Waals surface area contributed by atoms with E-state index in [0.29, 0.717) is 10.6 Å². The molecule has 21 heavy (non-hydrogen) atoms. The van der Waals surface area contributed by atoms with Gasteiger partial charge in [-0.3, -0.25) is 4.79 Å². The minimum absolute atomic E-state index is 0.0611. The molecule has 2 aliphatic rings. The molecule has 114 valence electrons. The Morgan fingerprint density at radius 2 is 2.14 bits per heavy atom. The van der Waals surface area contributed by atoms with Crippen LogP contribution in [-0.2, 0) is 0 Å². The highest BCUT2D eigenvalue weighted by Gasteiger charge is 2.38. The molecule has 5 heteroatoms. The number of benzene rings is 1. The lowest BCUT2D eigenvalue weighted by Gasteiger charge is -2.45. The lowest BCUT2D eigenvalue weighted by Crippen LogP contribution is -2.52. The van der Waals surface area contributed by atoms with Crippen LogP contribution in [0.5, 0.6) is 0 Å². The fourth-order valence-corrected chi connectivity index (χ4v) is 4.17. The Labute approximate surface area is 139 Å². The number of nitrogens with zero attached hydrogens (tertiary/aromatic N) is 1. The van der Waals surface area contributed by atoms with Crippen LogP contribution in [0.15, 0.2) is 22.7 Å². The van der Waals surface area contributed by atoms with Crippen molar-refractivity contribution < 1.29 is 4.79 Å². The van der Waals surface area contributed by atoms with Gasteiger partial charge in [0.15, 0.2) is 0 Å². The van der Waals surface area contributed by atoms with Crippen LogP contribution in [0.25, 0.3) is 0 Å². The third kappa shape index (κ3) is 3.13. The van der Waals surface area contributed by atoms with Crippen molar-refractivity contribution in [2.45, 2.75) is 25.7 Å². The molecule has 1 aromatic rings. The van der Waals surface area contributed by atoms with Gasteiger partial charge in [0.25, 0.3) is 5.91 Å². The number of carbonyl (C=O) groups is 1. The molecule has 1 amide bonds. The molecule has 3 nitrogen and oxygen atoms in total. The molecule has 0 bridgehead atoms. The van der Waals surface area contributed by atoms with Gasteiger partial charge in [0.05, 0.1) is 10.6 Å². The van der Waals surface area contributed by atoms with Gasteiger partial charge in [0.1, 0.15) is 0 Å². The van der Waals surface area contributed by atoms with Crippen LogP contribution in [0.1, 0.15) is 36.0 Å². The van der Waals surface area contributed by atoms with Gasteiger partial charge < -0.3 is 10.2 Å². The molecule has 0 aromatic heterocycles. The summed E-state index contributed by atoms with van der Waals surface area (Å²) in [4.78, 5) is 14.8. The molecule has 1 spiro atoms. The highest BCUT2D eigenvalue weighted by molar-refractivity contribution is 9.10. The van der Waals surface area contributed by atoms with Crippen LogP contribution in [-0.4, -0.2) is 37.0 Å². The molecule has 2 fully saturated rings. The molecule has 3 rings (SSSR count). The van der Waals surface area contributed by atoms with Crippen LogP contribution >= 0.6 is 27.5 Å². The number of amides is 1. The summed E-state index contributed by atoms with van der Waals surface area (Å²) in [5.74, 6) is 0.0611. The average Bonchev–Trinajstić information content (AvgIpc) is 2.50. The second kappa shape index (κ2) is 6.27. The molecule has 1 unspecified atom stereocenters. The van der Waals surface area contributed by atoms with E-state index in [4.69, 9.17) is 11.6 Å². The molecule has 0 aliphatic carbocycles. The van der Waals surface area contributed by atoms with E-state index < -0.39 is 0 Å². The highest BCUT2D eigenvalue weighted by atomic mass is 79.9. The maximum Gasteiger partial charge on any atom is 0.255 e. The second-order valence-corrected chi connectivity index (χ2v) is 7.44. The van der Waals surface area contributed by atoms with Gasteiger partial charge in [0, 0.05) is 29.5 Å². The second-order valence-electron chi connectivity index (χ2n) is 6.21. The Morgan fingerprint density at radius 1 is 1.33 bits per heavy atom. The Hall–Kier alpha value is -0.580. The summed E-state index contributed by atoms with van der Waals surface area (Å²) in [6.45, 7) is 3.82. The first-order valence-electron chi connectivity index (χ1n) is 7.55. The molecule has 0 radical (unpaired) electrons. The number of halogens is 2. The maximum absolute atomic E-state index is 12.8. The van der Waals surface area contributed by atoms with Gasteiger partial charge in [-0.1, -0.05) is 17.7 Å². The van der Waals surface area contributed by atoms with E-state index in [2.05, 4.69) is 21.2 Å². The zero-order chi connectivity index (χ0) is 14.9. The zero-order valence-corrected chi connectivity index (χ0v) is 14.3. The quantitative estimate of drug-likeness (QED) is 0.816. The highest BCUT2D eigenvalue weighted by Crippen LogP contribution is 2.37. The fourth-order valence-electron chi connectivity index (χ4n) is 3.60. The van der Waals surface area contributed by atoms with Crippen molar-refractivity contribution in [2.24, 2.45) is 5.41 Å². The SMILES string of the molecule is O=C(c1cccc(Br)c1Cl)N1CCCC2(CCCNC2)C1. The molecule has 1 aromatic carbocycles. The molecule has 1 atom stereocenters. The lowest BCUT2D eigenvalue weighted by molar-refractivity contribution is 0.0434. The van der Waals surface area contributed by atoms with Gasteiger partial charge >= 0.3 is 0 Å². The smallest absolute Gasteiger partial charge is 0.255 e. The van der Waals surface area contributed by atoms with Crippen LogP contribution in [0, 0.1) is 5.41 Å². The summed E-state index contributed by atoms with van der Waals surface area (Å²) >= 11 is 9.67. The van der Waals surface area contributed by atoms with E-state index in [1.807, 2.05) is 23.1 Å². The van der Waals surface area contributed by atoms with Gasteiger partial charge in [-0.25, -0.2) is 0 Å². The minimum atomic E-state index is 0.0611. The number of hydrogen-bond donors (Lipinski definition) is 1. The Morgan fingerprint density at radius 3 is 2.90 bits per heavy atom. The molecule has 2 heterocycles. The van der Waals surface area contributed by atoms with E-state index in [0.717, 1.165) is 37.1 Å². The van der Waals surface area contributed by atoms with E-state index >= 15 is 0 Å². The molecule has 1 N–H and O–H groups in total. The average molecular weight is 372 g/mol. The molecular weight excluding hydrogens is 352 g/mol. The topological polar surface area (TPSA) is 32.3 Å². The molecule has 2 aliphatic heterocycles. The number of rotatable bonds is 1. The largest absolute Gasteiger partial charge is 0.338 e. The Bertz CT molecular complexity index is 538. The molecule has 0 saturated carbocycles. The third-order valence-electron chi connectivity index (χ3n) is 4.69. The zero-order valence-electron chi connectivity index (χ0n) is 12.0. The van der Waals surface area contributed by atoms with Crippen LogP contribution in [0.3, 0.4) is 0 Å².